The van der Waals surface area contributed by atoms with E-state index in [1.807, 2.05) is 30.3 Å². The van der Waals surface area contributed by atoms with E-state index in [0.717, 1.165) is 29.0 Å². The van der Waals surface area contributed by atoms with E-state index in [1.54, 1.807) is 0 Å². The number of rotatable bonds is 3. The van der Waals surface area contributed by atoms with Gasteiger partial charge < -0.3 is 11.1 Å². The molecule has 0 aliphatic carbocycles. The molecule has 0 bridgehead atoms. The molecular weight excluding hydrogens is 210 g/mol. The molecule has 1 aromatic heterocycles. The smallest absolute Gasteiger partial charge is 0.126 e. The van der Waals surface area contributed by atoms with Crippen LogP contribution in [0, 0.1) is 0 Å². The van der Waals surface area contributed by atoms with Crippen LogP contribution in [-0.4, -0.2) is 11.5 Å². The Morgan fingerprint density at radius 2 is 2.12 bits per heavy atom. The van der Waals surface area contributed by atoms with Crippen LogP contribution in [-0.2, 0) is 0 Å². The van der Waals surface area contributed by atoms with E-state index >= 15 is 0 Å². The lowest BCUT2D eigenvalue weighted by Crippen LogP contribution is -2.00. The van der Waals surface area contributed by atoms with Gasteiger partial charge in [-0.3, -0.25) is 0 Å². The molecule has 3 N–H and O–H groups in total. The van der Waals surface area contributed by atoms with Crippen molar-refractivity contribution in [1.29, 1.82) is 0 Å². The normalized spacial score (nSPS) is 10.2. The summed E-state index contributed by atoms with van der Waals surface area (Å²) in [4.78, 5) is 4.52. The third-order valence-electron chi connectivity index (χ3n) is 2.51. The van der Waals surface area contributed by atoms with Gasteiger partial charge in [0.1, 0.15) is 5.82 Å². The number of hydrogen-bond acceptors (Lipinski definition) is 3. The second-order valence-electron chi connectivity index (χ2n) is 4.31. The number of aromatic nitrogens is 1. The summed E-state index contributed by atoms with van der Waals surface area (Å²) >= 11 is 0. The molecule has 3 heteroatoms. The van der Waals surface area contributed by atoms with E-state index in [1.165, 1.54) is 5.57 Å². The predicted octanol–water partition coefficient (Wildman–Crippen LogP) is 3.20. The highest BCUT2D eigenvalue weighted by Crippen LogP contribution is 2.17. The second kappa shape index (κ2) is 4.87. The van der Waals surface area contributed by atoms with Crippen molar-refractivity contribution in [2.24, 2.45) is 0 Å². The largest absolute Gasteiger partial charge is 0.399 e. The third-order valence-corrected chi connectivity index (χ3v) is 2.51. The number of fused-ring (bicyclic) bond motifs is 1. The van der Waals surface area contributed by atoms with Crippen LogP contribution in [0.2, 0.25) is 0 Å². The summed E-state index contributed by atoms with van der Waals surface area (Å²) in [5, 5.41) is 4.33. The van der Waals surface area contributed by atoms with Crippen LogP contribution in [0.3, 0.4) is 0 Å². The lowest BCUT2D eigenvalue weighted by molar-refractivity contribution is 1.22. The maximum absolute atomic E-state index is 5.72. The minimum absolute atomic E-state index is 0.768. The van der Waals surface area contributed by atoms with Gasteiger partial charge in [0.25, 0.3) is 0 Å². The van der Waals surface area contributed by atoms with Crippen molar-refractivity contribution in [3.8, 4) is 0 Å². The van der Waals surface area contributed by atoms with Crippen molar-refractivity contribution in [2.75, 3.05) is 17.6 Å². The predicted molar refractivity (Wildman–Crippen MR) is 74.1 cm³/mol. The molecule has 0 unspecified atom stereocenters. The standard InChI is InChI=1S/C14H17N3/c1-10(2)7-8-16-14-6-3-11-9-12(15)4-5-13(11)17-14/h3-7,9H,8,15H2,1-2H3,(H,16,17). The Balaban J connectivity index is 2.20. The molecule has 88 valence electrons. The van der Waals surface area contributed by atoms with Crippen LogP contribution in [0.15, 0.2) is 42.0 Å². The van der Waals surface area contributed by atoms with Crippen molar-refractivity contribution in [1.82, 2.24) is 4.98 Å². The molecule has 2 aromatic rings. The number of hydrogen-bond donors (Lipinski definition) is 2. The first-order valence-electron chi connectivity index (χ1n) is 5.69. The van der Waals surface area contributed by atoms with Crippen LogP contribution in [0.25, 0.3) is 10.9 Å². The molecule has 0 amide bonds. The van der Waals surface area contributed by atoms with Gasteiger partial charge in [0.05, 0.1) is 5.52 Å². The van der Waals surface area contributed by atoms with E-state index < -0.39 is 0 Å². The van der Waals surface area contributed by atoms with Crippen LogP contribution < -0.4 is 11.1 Å². The van der Waals surface area contributed by atoms with Gasteiger partial charge in [0, 0.05) is 17.6 Å². The van der Waals surface area contributed by atoms with Crippen molar-refractivity contribution in [2.45, 2.75) is 13.8 Å². The van der Waals surface area contributed by atoms with Crippen LogP contribution in [0.4, 0.5) is 11.5 Å². The highest BCUT2D eigenvalue weighted by atomic mass is 15.0. The molecule has 0 aliphatic heterocycles. The molecule has 0 saturated carbocycles. The van der Waals surface area contributed by atoms with Gasteiger partial charge in [-0.15, -0.1) is 0 Å². The Bertz CT molecular complexity index is 554. The molecule has 3 nitrogen and oxygen atoms in total. The number of allylic oxidation sites excluding steroid dienone is 1. The highest BCUT2D eigenvalue weighted by molar-refractivity contribution is 5.83. The van der Waals surface area contributed by atoms with Gasteiger partial charge in [-0.1, -0.05) is 11.6 Å². The molecule has 2 rings (SSSR count). The van der Waals surface area contributed by atoms with Gasteiger partial charge in [0.2, 0.25) is 0 Å². The first-order valence-corrected chi connectivity index (χ1v) is 5.69. The number of nitrogens with one attached hydrogen (secondary N) is 1. The topological polar surface area (TPSA) is 50.9 Å². The van der Waals surface area contributed by atoms with Crippen molar-refractivity contribution >= 4 is 22.4 Å². The summed E-state index contributed by atoms with van der Waals surface area (Å²) in [5.41, 5.74) is 8.75. The Morgan fingerprint density at radius 1 is 1.29 bits per heavy atom. The number of anilines is 2. The van der Waals surface area contributed by atoms with Crippen molar-refractivity contribution in [3.05, 3.63) is 42.0 Å². The molecule has 0 saturated heterocycles. The van der Waals surface area contributed by atoms with Crippen LogP contribution >= 0.6 is 0 Å². The number of benzene rings is 1. The molecule has 0 atom stereocenters. The molecule has 1 heterocycles. The number of nitrogens with zero attached hydrogens (tertiary/aromatic N) is 1. The number of pyridine rings is 1. The second-order valence-corrected chi connectivity index (χ2v) is 4.31. The first kappa shape index (κ1) is 11.5. The fourth-order valence-electron chi connectivity index (χ4n) is 1.60. The lowest BCUT2D eigenvalue weighted by Gasteiger charge is -2.05. The minimum Gasteiger partial charge on any atom is -0.399 e. The summed E-state index contributed by atoms with van der Waals surface area (Å²) in [7, 11) is 0. The maximum atomic E-state index is 5.72. The minimum atomic E-state index is 0.768. The van der Waals surface area contributed by atoms with E-state index in [2.05, 4.69) is 30.2 Å². The van der Waals surface area contributed by atoms with Crippen molar-refractivity contribution < 1.29 is 0 Å². The Labute approximate surface area is 101 Å². The summed E-state index contributed by atoms with van der Waals surface area (Å²) in [6.45, 7) is 4.96. The van der Waals surface area contributed by atoms with E-state index in [4.69, 9.17) is 5.73 Å². The fraction of sp³-hybridized carbons (Fsp3) is 0.214. The van der Waals surface area contributed by atoms with Gasteiger partial charge in [0.15, 0.2) is 0 Å². The molecule has 0 fully saturated rings. The van der Waals surface area contributed by atoms with Gasteiger partial charge >= 0.3 is 0 Å². The number of nitrogen functional groups attached to an aromatic ring is 1. The van der Waals surface area contributed by atoms with Gasteiger partial charge in [-0.25, -0.2) is 4.98 Å². The van der Waals surface area contributed by atoms with E-state index in [-0.39, 0.29) is 0 Å². The summed E-state index contributed by atoms with van der Waals surface area (Å²) < 4.78 is 0. The van der Waals surface area contributed by atoms with Gasteiger partial charge in [-0.2, -0.15) is 0 Å². The molecule has 1 aromatic carbocycles. The fourth-order valence-corrected chi connectivity index (χ4v) is 1.60. The van der Waals surface area contributed by atoms with E-state index in [0.29, 0.717) is 0 Å². The van der Waals surface area contributed by atoms with Gasteiger partial charge in [-0.05, 0) is 44.2 Å². The van der Waals surface area contributed by atoms with Crippen molar-refractivity contribution in [3.63, 3.8) is 0 Å². The number of nitrogens with two attached hydrogens (primary N) is 1. The average molecular weight is 227 g/mol. The maximum Gasteiger partial charge on any atom is 0.126 e. The average Bonchev–Trinajstić information content (AvgIpc) is 2.29. The Hall–Kier alpha value is -2.03. The molecular formula is C14H17N3. The quantitative estimate of drug-likeness (QED) is 0.625. The summed E-state index contributed by atoms with van der Waals surface area (Å²) in [6, 6.07) is 9.75. The highest BCUT2D eigenvalue weighted by Gasteiger charge is 1.97. The zero-order chi connectivity index (χ0) is 12.3. The molecule has 0 spiro atoms. The summed E-state index contributed by atoms with van der Waals surface area (Å²) in [5.74, 6) is 0.889. The SMILES string of the molecule is CC(C)=CCNc1ccc2cc(N)ccc2n1. The lowest BCUT2D eigenvalue weighted by atomic mass is 10.2. The Morgan fingerprint density at radius 3 is 2.88 bits per heavy atom. The molecule has 0 radical (unpaired) electrons. The third kappa shape index (κ3) is 2.97. The Kier molecular flexibility index (Phi) is 3.28. The van der Waals surface area contributed by atoms with E-state index in [9.17, 15) is 0 Å². The molecule has 0 aliphatic rings. The zero-order valence-corrected chi connectivity index (χ0v) is 10.2. The van der Waals surface area contributed by atoms with Crippen LogP contribution in [0.5, 0.6) is 0 Å². The monoisotopic (exact) mass is 227 g/mol. The summed E-state index contributed by atoms with van der Waals surface area (Å²) in [6.07, 6.45) is 2.13. The molecule has 17 heavy (non-hydrogen) atoms. The zero-order valence-electron chi connectivity index (χ0n) is 10.2. The van der Waals surface area contributed by atoms with Crippen LogP contribution in [0.1, 0.15) is 13.8 Å². The first-order chi connectivity index (χ1) is 8.15.